The molecule has 5 heteroatoms. The van der Waals surface area contributed by atoms with Crippen molar-refractivity contribution in [2.45, 2.75) is 25.7 Å². The summed E-state index contributed by atoms with van der Waals surface area (Å²) in [5.74, 6) is -0.306. The lowest BCUT2D eigenvalue weighted by atomic mass is 9.77. The van der Waals surface area contributed by atoms with Gasteiger partial charge in [-0.1, -0.05) is 29.8 Å². The van der Waals surface area contributed by atoms with Crippen molar-refractivity contribution in [1.29, 1.82) is 0 Å². The fourth-order valence-corrected chi connectivity index (χ4v) is 3.33. The zero-order chi connectivity index (χ0) is 15.5. The number of aromatic nitrogens is 1. The largest absolute Gasteiger partial charge is 0.468 e. The summed E-state index contributed by atoms with van der Waals surface area (Å²) in [7, 11) is 1.40. The van der Waals surface area contributed by atoms with Gasteiger partial charge in [0.15, 0.2) is 0 Å². The van der Waals surface area contributed by atoms with Crippen LogP contribution in [0.5, 0.6) is 0 Å². The molecule has 0 saturated heterocycles. The molecule has 0 aliphatic heterocycles. The summed E-state index contributed by atoms with van der Waals surface area (Å²) in [5, 5.41) is 0.977. The number of carbonyl (C=O) groups excluding carboxylic acids is 1. The van der Waals surface area contributed by atoms with Gasteiger partial charge in [-0.3, -0.25) is 4.79 Å². The topological polar surface area (TPSA) is 65.2 Å². The number of hydrogen-bond acceptors (Lipinski definition) is 5. The Morgan fingerprint density at radius 1 is 1.33 bits per heavy atom. The highest BCUT2D eigenvalue weighted by Crippen LogP contribution is 2.31. The number of hydrogen-bond donors (Lipinski definition) is 1. The summed E-state index contributed by atoms with van der Waals surface area (Å²) in [4.78, 5) is 17.7. The molecule has 2 aromatic rings. The number of methoxy groups -OCH3 is 1. The number of aryl methyl sites for hydroxylation is 2. The van der Waals surface area contributed by atoms with Crippen LogP contribution in [0.1, 0.15) is 21.0 Å². The molecule has 0 amide bonds. The molecule has 0 saturated carbocycles. The summed E-state index contributed by atoms with van der Waals surface area (Å²) < 4.78 is 5.04. The van der Waals surface area contributed by atoms with Crippen molar-refractivity contribution in [3.05, 3.63) is 51.5 Å². The van der Waals surface area contributed by atoms with E-state index in [1.165, 1.54) is 7.11 Å². The van der Waals surface area contributed by atoms with Gasteiger partial charge < -0.3 is 10.5 Å². The van der Waals surface area contributed by atoms with Gasteiger partial charge in [0, 0.05) is 24.0 Å². The van der Waals surface area contributed by atoms with Crippen LogP contribution < -0.4 is 5.73 Å². The quantitative estimate of drug-likeness (QED) is 0.861. The monoisotopic (exact) mass is 304 g/mol. The summed E-state index contributed by atoms with van der Waals surface area (Å²) in [6.45, 7) is 4.15. The smallest absolute Gasteiger partial charge is 0.317 e. The second-order valence-corrected chi connectivity index (χ2v) is 6.49. The van der Waals surface area contributed by atoms with E-state index >= 15 is 0 Å². The van der Waals surface area contributed by atoms with Gasteiger partial charge >= 0.3 is 5.97 Å². The lowest BCUT2D eigenvalue weighted by Crippen LogP contribution is -2.45. The van der Waals surface area contributed by atoms with Crippen molar-refractivity contribution < 1.29 is 9.53 Å². The lowest BCUT2D eigenvalue weighted by molar-refractivity contribution is -0.147. The van der Waals surface area contributed by atoms with Crippen molar-refractivity contribution in [2.24, 2.45) is 5.73 Å². The minimum Gasteiger partial charge on any atom is -0.468 e. The molecule has 0 aliphatic rings. The molecule has 0 spiro atoms. The predicted octanol–water partition coefficient (Wildman–Crippen LogP) is 2.37. The maximum absolute atomic E-state index is 12.4. The Kier molecular flexibility index (Phi) is 4.75. The number of carbonyl (C=O) groups is 1. The lowest BCUT2D eigenvalue weighted by Gasteiger charge is -2.29. The third kappa shape index (κ3) is 3.14. The average molecular weight is 304 g/mol. The third-order valence-corrected chi connectivity index (χ3v) is 4.59. The van der Waals surface area contributed by atoms with Crippen molar-refractivity contribution in [2.75, 3.05) is 13.7 Å². The van der Waals surface area contributed by atoms with Crippen LogP contribution in [-0.4, -0.2) is 24.6 Å². The molecular formula is C16H20N2O2S. The zero-order valence-corrected chi connectivity index (χ0v) is 13.4. The van der Waals surface area contributed by atoms with Crippen LogP contribution in [0.3, 0.4) is 0 Å². The number of nitrogens with two attached hydrogens (primary N) is 1. The Morgan fingerprint density at radius 3 is 2.48 bits per heavy atom. The minimum atomic E-state index is -0.860. The summed E-state index contributed by atoms with van der Waals surface area (Å²) in [5.41, 5.74) is 7.16. The minimum absolute atomic E-state index is 0.194. The van der Waals surface area contributed by atoms with Gasteiger partial charge in [-0.15, -0.1) is 11.3 Å². The highest BCUT2D eigenvalue weighted by molar-refractivity contribution is 7.11. The molecule has 0 radical (unpaired) electrons. The van der Waals surface area contributed by atoms with Crippen LogP contribution in [0.15, 0.2) is 30.5 Å². The summed E-state index contributed by atoms with van der Waals surface area (Å²) in [6, 6.07) is 7.88. The third-order valence-electron chi connectivity index (χ3n) is 3.67. The summed E-state index contributed by atoms with van der Waals surface area (Å²) in [6.07, 6.45) is 2.31. The van der Waals surface area contributed by atoms with Crippen LogP contribution in [0, 0.1) is 13.8 Å². The molecule has 1 aromatic heterocycles. The molecule has 4 nitrogen and oxygen atoms in total. The number of esters is 1. The molecule has 2 rings (SSSR count). The molecule has 1 heterocycles. The van der Waals surface area contributed by atoms with Gasteiger partial charge in [0.25, 0.3) is 0 Å². The van der Waals surface area contributed by atoms with E-state index in [-0.39, 0.29) is 12.5 Å². The van der Waals surface area contributed by atoms with Crippen molar-refractivity contribution in [3.63, 3.8) is 0 Å². The van der Waals surface area contributed by atoms with E-state index in [9.17, 15) is 4.79 Å². The Labute approximate surface area is 129 Å². The SMILES string of the molecule is COC(=O)C(CN)(Cc1cnc(C)s1)c1ccc(C)cc1. The molecular weight excluding hydrogens is 284 g/mol. The summed E-state index contributed by atoms with van der Waals surface area (Å²) >= 11 is 1.58. The molecule has 0 aliphatic carbocycles. The second-order valence-electron chi connectivity index (χ2n) is 5.17. The van der Waals surface area contributed by atoms with Crippen LogP contribution in [0.4, 0.5) is 0 Å². The van der Waals surface area contributed by atoms with E-state index in [1.54, 1.807) is 11.3 Å². The first kappa shape index (κ1) is 15.7. The van der Waals surface area contributed by atoms with E-state index in [2.05, 4.69) is 4.98 Å². The normalized spacial score (nSPS) is 13.7. The molecule has 0 fully saturated rings. The van der Waals surface area contributed by atoms with E-state index in [1.807, 2.05) is 44.3 Å². The molecule has 2 N–H and O–H groups in total. The standard InChI is InChI=1S/C16H20N2O2S/c1-11-4-6-13(7-5-11)16(10-17,15(19)20-3)8-14-9-18-12(2)21-14/h4-7,9H,8,10,17H2,1-3H3. The van der Waals surface area contributed by atoms with Gasteiger partial charge in [-0.05, 0) is 19.4 Å². The van der Waals surface area contributed by atoms with Gasteiger partial charge in [0.1, 0.15) is 5.41 Å². The van der Waals surface area contributed by atoms with E-state index < -0.39 is 5.41 Å². The van der Waals surface area contributed by atoms with Crippen LogP contribution in [-0.2, 0) is 21.4 Å². The average Bonchev–Trinajstić information content (AvgIpc) is 2.90. The van der Waals surface area contributed by atoms with Gasteiger partial charge in [0.05, 0.1) is 12.1 Å². The zero-order valence-electron chi connectivity index (χ0n) is 12.6. The predicted molar refractivity (Wildman–Crippen MR) is 84.5 cm³/mol. The fraction of sp³-hybridized carbons (Fsp3) is 0.375. The Morgan fingerprint density at radius 2 is 2.00 bits per heavy atom. The van der Waals surface area contributed by atoms with Gasteiger partial charge in [0.2, 0.25) is 0 Å². The molecule has 1 aromatic carbocycles. The highest BCUT2D eigenvalue weighted by Gasteiger charge is 2.40. The number of thiazole rings is 1. The van der Waals surface area contributed by atoms with Crippen LogP contribution in [0.2, 0.25) is 0 Å². The second kappa shape index (κ2) is 6.37. The molecule has 1 unspecified atom stereocenters. The fourth-order valence-electron chi connectivity index (χ4n) is 2.42. The van der Waals surface area contributed by atoms with Crippen molar-refractivity contribution >= 4 is 17.3 Å². The maximum Gasteiger partial charge on any atom is 0.317 e. The first-order chi connectivity index (χ1) is 10.0. The molecule has 21 heavy (non-hydrogen) atoms. The molecule has 112 valence electrons. The number of nitrogens with zero attached hydrogens (tertiary/aromatic N) is 1. The first-order valence-corrected chi connectivity index (χ1v) is 7.60. The van der Waals surface area contributed by atoms with E-state index in [4.69, 9.17) is 10.5 Å². The van der Waals surface area contributed by atoms with Gasteiger partial charge in [-0.25, -0.2) is 4.98 Å². The molecule has 1 atom stereocenters. The van der Waals surface area contributed by atoms with E-state index in [0.29, 0.717) is 6.42 Å². The first-order valence-electron chi connectivity index (χ1n) is 6.79. The highest BCUT2D eigenvalue weighted by atomic mass is 32.1. The number of rotatable bonds is 5. The Bertz CT molecular complexity index is 621. The van der Waals surface area contributed by atoms with Crippen molar-refractivity contribution in [3.8, 4) is 0 Å². The van der Waals surface area contributed by atoms with Gasteiger partial charge in [-0.2, -0.15) is 0 Å². The number of ether oxygens (including phenoxy) is 1. The maximum atomic E-state index is 12.4. The Balaban J connectivity index is 2.47. The van der Waals surface area contributed by atoms with Crippen LogP contribution in [0.25, 0.3) is 0 Å². The molecule has 0 bridgehead atoms. The van der Waals surface area contributed by atoms with Crippen molar-refractivity contribution in [1.82, 2.24) is 4.98 Å². The number of benzene rings is 1. The van der Waals surface area contributed by atoms with Crippen LogP contribution >= 0.6 is 11.3 Å². The van der Waals surface area contributed by atoms with E-state index in [0.717, 1.165) is 21.0 Å². The Hall–Kier alpha value is -1.72.